The summed E-state index contributed by atoms with van der Waals surface area (Å²) in [5, 5.41) is 12.1. The highest BCUT2D eigenvalue weighted by atomic mass is 16.2. The van der Waals surface area contributed by atoms with Gasteiger partial charge in [-0.1, -0.05) is 0 Å². The number of hydrogen-bond donors (Lipinski definition) is 1. The highest BCUT2D eigenvalue weighted by Crippen LogP contribution is 2.17. The van der Waals surface area contributed by atoms with Gasteiger partial charge in [0.25, 0.3) is 0 Å². The van der Waals surface area contributed by atoms with Gasteiger partial charge in [0.15, 0.2) is 0 Å². The Kier molecular flexibility index (Phi) is 3.48. The summed E-state index contributed by atoms with van der Waals surface area (Å²) in [5.41, 5.74) is -0.885. The lowest BCUT2D eigenvalue weighted by molar-refractivity contribution is -0.137. The summed E-state index contributed by atoms with van der Waals surface area (Å²) in [4.78, 5) is 13.7. The van der Waals surface area contributed by atoms with Crippen LogP contribution in [0.1, 0.15) is 20.3 Å². The quantitative estimate of drug-likeness (QED) is 0.657. The summed E-state index contributed by atoms with van der Waals surface area (Å²) in [5.74, 6) is -0.0521. The largest absolute Gasteiger partial charge is 0.340 e. The van der Waals surface area contributed by atoms with Gasteiger partial charge in [-0.15, -0.1) is 0 Å². The van der Waals surface area contributed by atoms with Gasteiger partial charge in [0.1, 0.15) is 5.41 Å². The first kappa shape index (κ1) is 11.0. The smallest absolute Gasteiger partial charge is 0.242 e. The zero-order valence-electron chi connectivity index (χ0n) is 8.84. The predicted molar refractivity (Wildman–Crippen MR) is 53.5 cm³/mol. The van der Waals surface area contributed by atoms with E-state index in [1.165, 1.54) is 0 Å². The van der Waals surface area contributed by atoms with Crippen molar-refractivity contribution in [2.75, 3.05) is 26.2 Å². The lowest BCUT2D eigenvalue weighted by Gasteiger charge is -2.26. The molecule has 14 heavy (non-hydrogen) atoms. The zero-order chi connectivity index (χ0) is 10.6. The first-order chi connectivity index (χ1) is 6.58. The van der Waals surface area contributed by atoms with E-state index in [-0.39, 0.29) is 5.91 Å². The van der Waals surface area contributed by atoms with Crippen LogP contribution in [0.4, 0.5) is 0 Å². The third-order valence-electron chi connectivity index (χ3n) is 2.44. The van der Waals surface area contributed by atoms with Crippen LogP contribution in [0.25, 0.3) is 0 Å². The molecule has 0 atom stereocenters. The van der Waals surface area contributed by atoms with E-state index < -0.39 is 5.41 Å². The predicted octanol–water partition coefficient (Wildman–Crippen LogP) is 0.358. The van der Waals surface area contributed by atoms with Gasteiger partial charge in [-0.25, -0.2) is 0 Å². The Balaban J connectivity index is 2.64. The van der Waals surface area contributed by atoms with Crippen molar-refractivity contribution >= 4 is 5.91 Å². The fraction of sp³-hybridized carbons (Fsp3) is 0.800. The first-order valence-electron chi connectivity index (χ1n) is 4.99. The minimum absolute atomic E-state index is 0.0521. The molecule has 1 fully saturated rings. The fourth-order valence-electron chi connectivity index (χ4n) is 1.49. The standard InChI is InChI=1S/C10H17N3O/c1-10(2,8-11)9(14)13-6-3-4-12-5-7-13/h12H,3-7H2,1-2H3. The number of nitriles is 1. The maximum Gasteiger partial charge on any atom is 0.242 e. The normalized spacial score (nSPS) is 18.5. The molecular formula is C10H17N3O. The van der Waals surface area contributed by atoms with Crippen LogP contribution in [0.2, 0.25) is 0 Å². The van der Waals surface area contributed by atoms with Crippen LogP contribution < -0.4 is 5.32 Å². The molecule has 4 nitrogen and oxygen atoms in total. The average molecular weight is 195 g/mol. The highest BCUT2D eigenvalue weighted by molar-refractivity contribution is 5.84. The van der Waals surface area contributed by atoms with E-state index in [0.29, 0.717) is 6.54 Å². The molecule has 0 unspecified atom stereocenters. The van der Waals surface area contributed by atoms with Crippen molar-refractivity contribution in [2.45, 2.75) is 20.3 Å². The molecule has 1 saturated heterocycles. The number of carbonyl (C=O) groups excluding carboxylic acids is 1. The van der Waals surface area contributed by atoms with Crippen LogP contribution in [0.3, 0.4) is 0 Å². The number of amides is 1. The maximum absolute atomic E-state index is 11.9. The maximum atomic E-state index is 11.9. The molecule has 0 aromatic carbocycles. The van der Waals surface area contributed by atoms with E-state index in [1.807, 2.05) is 6.07 Å². The van der Waals surface area contributed by atoms with Gasteiger partial charge in [-0.2, -0.15) is 5.26 Å². The third-order valence-corrected chi connectivity index (χ3v) is 2.44. The molecule has 1 aliphatic heterocycles. The van der Waals surface area contributed by atoms with Crippen molar-refractivity contribution < 1.29 is 4.79 Å². The van der Waals surface area contributed by atoms with Gasteiger partial charge in [0.2, 0.25) is 5.91 Å². The van der Waals surface area contributed by atoms with Gasteiger partial charge >= 0.3 is 0 Å². The number of hydrogen-bond acceptors (Lipinski definition) is 3. The fourth-order valence-corrected chi connectivity index (χ4v) is 1.49. The van der Waals surface area contributed by atoms with Gasteiger partial charge in [0.05, 0.1) is 6.07 Å². The van der Waals surface area contributed by atoms with Crippen LogP contribution in [0, 0.1) is 16.7 Å². The highest BCUT2D eigenvalue weighted by Gasteiger charge is 2.31. The molecule has 0 radical (unpaired) electrons. The third kappa shape index (κ3) is 2.46. The molecule has 4 heteroatoms. The van der Waals surface area contributed by atoms with Gasteiger partial charge in [-0.05, 0) is 26.8 Å². The van der Waals surface area contributed by atoms with Crippen molar-refractivity contribution in [1.29, 1.82) is 5.26 Å². The molecule has 0 aliphatic carbocycles. The van der Waals surface area contributed by atoms with Crippen LogP contribution in [-0.4, -0.2) is 37.0 Å². The molecule has 1 aliphatic rings. The molecule has 1 heterocycles. The lowest BCUT2D eigenvalue weighted by atomic mass is 9.94. The van der Waals surface area contributed by atoms with E-state index in [2.05, 4.69) is 5.32 Å². The number of carbonyl (C=O) groups is 1. The Bertz CT molecular complexity index is 247. The van der Waals surface area contributed by atoms with E-state index in [4.69, 9.17) is 5.26 Å². The van der Waals surface area contributed by atoms with Crippen molar-refractivity contribution in [3.05, 3.63) is 0 Å². The molecule has 1 amide bonds. The summed E-state index contributed by atoms with van der Waals surface area (Å²) >= 11 is 0. The number of nitrogens with zero attached hydrogens (tertiary/aromatic N) is 2. The summed E-state index contributed by atoms with van der Waals surface area (Å²) in [6, 6.07) is 2.05. The average Bonchev–Trinajstić information content (AvgIpc) is 2.44. The Morgan fingerprint density at radius 1 is 1.43 bits per heavy atom. The van der Waals surface area contributed by atoms with E-state index in [1.54, 1.807) is 18.7 Å². The Hall–Kier alpha value is -1.08. The molecule has 1 N–H and O–H groups in total. The summed E-state index contributed by atoms with van der Waals surface area (Å²) < 4.78 is 0. The minimum Gasteiger partial charge on any atom is -0.340 e. The van der Waals surface area contributed by atoms with Crippen LogP contribution >= 0.6 is 0 Å². The van der Waals surface area contributed by atoms with E-state index in [9.17, 15) is 4.79 Å². The van der Waals surface area contributed by atoms with Crippen molar-refractivity contribution in [3.8, 4) is 6.07 Å². The summed E-state index contributed by atoms with van der Waals surface area (Å²) in [6.07, 6.45) is 0.966. The second kappa shape index (κ2) is 4.43. The van der Waals surface area contributed by atoms with E-state index in [0.717, 1.165) is 26.1 Å². The molecule has 0 aromatic heterocycles. The lowest BCUT2D eigenvalue weighted by Crippen LogP contribution is -2.42. The molecule has 0 saturated carbocycles. The number of rotatable bonds is 1. The summed E-state index contributed by atoms with van der Waals surface area (Å²) in [6.45, 7) is 6.60. The van der Waals surface area contributed by atoms with Crippen LogP contribution in [-0.2, 0) is 4.79 Å². The zero-order valence-corrected chi connectivity index (χ0v) is 8.84. The minimum atomic E-state index is -0.885. The monoisotopic (exact) mass is 195 g/mol. The van der Waals surface area contributed by atoms with Crippen molar-refractivity contribution in [2.24, 2.45) is 5.41 Å². The Morgan fingerprint density at radius 2 is 2.14 bits per heavy atom. The SMILES string of the molecule is CC(C)(C#N)C(=O)N1CCCNCC1. The molecule has 0 aromatic rings. The molecule has 0 spiro atoms. The molecule has 0 bridgehead atoms. The molecule has 78 valence electrons. The van der Waals surface area contributed by atoms with Gasteiger partial charge in [-0.3, -0.25) is 4.79 Å². The van der Waals surface area contributed by atoms with E-state index >= 15 is 0 Å². The van der Waals surface area contributed by atoms with Gasteiger partial charge in [0, 0.05) is 19.6 Å². The van der Waals surface area contributed by atoms with Crippen LogP contribution in [0.5, 0.6) is 0 Å². The topological polar surface area (TPSA) is 56.1 Å². The van der Waals surface area contributed by atoms with Crippen molar-refractivity contribution in [3.63, 3.8) is 0 Å². The Labute approximate surface area is 84.9 Å². The van der Waals surface area contributed by atoms with Gasteiger partial charge < -0.3 is 10.2 Å². The van der Waals surface area contributed by atoms with Crippen molar-refractivity contribution in [1.82, 2.24) is 10.2 Å². The number of nitrogens with one attached hydrogen (secondary N) is 1. The first-order valence-corrected chi connectivity index (χ1v) is 4.99. The molecular weight excluding hydrogens is 178 g/mol. The summed E-state index contributed by atoms with van der Waals surface area (Å²) in [7, 11) is 0. The van der Waals surface area contributed by atoms with Crippen LogP contribution in [0.15, 0.2) is 0 Å². The second-order valence-corrected chi connectivity index (χ2v) is 4.13. The second-order valence-electron chi connectivity index (χ2n) is 4.13. The Morgan fingerprint density at radius 3 is 2.79 bits per heavy atom. The molecule has 1 rings (SSSR count).